The highest BCUT2D eigenvalue weighted by Crippen LogP contribution is 2.28. The van der Waals surface area contributed by atoms with Crippen LogP contribution in [-0.2, 0) is 7.05 Å². The fourth-order valence-corrected chi connectivity index (χ4v) is 2.56. The van der Waals surface area contributed by atoms with Gasteiger partial charge in [-0.1, -0.05) is 11.2 Å². The molecule has 0 unspecified atom stereocenters. The maximum Gasteiger partial charge on any atom is 0.262 e. The molecule has 0 bridgehead atoms. The molecular weight excluding hydrogens is 248 g/mol. The Kier molecular flexibility index (Phi) is 2.52. The first-order chi connectivity index (χ1) is 8.66. The van der Waals surface area contributed by atoms with E-state index in [1.54, 1.807) is 11.3 Å². The molecule has 0 saturated carbocycles. The summed E-state index contributed by atoms with van der Waals surface area (Å²) in [5.74, 6) is 1.16. The lowest BCUT2D eigenvalue weighted by molar-refractivity contribution is 0.432. The Balaban J connectivity index is 2.08. The molecule has 0 aromatic carbocycles. The van der Waals surface area contributed by atoms with Gasteiger partial charge in [0, 0.05) is 12.7 Å². The fraction of sp³-hybridized carbons (Fsp3) is 0.250. The van der Waals surface area contributed by atoms with E-state index in [9.17, 15) is 0 Å². The summed E-state index contributed by atoms with van der Waals surface area (Å²) in [5, 5.41) is 10.4. The lowest BCUT2D eigenvalue weighted by atomic mass is 10.2. The lowest BCUT2D eigenvalue weighted by Crippen LogP contribution is -1.92. The van der Waals surface area contributed by atoms with Crippen LogP contribution in [0, 0.1) is 13.8 Å². The molecule has 0 N–H and O–H groups in total. The Hall–Kier alpha value is -1.95. The maximum absolute atomic E-state index is 5.34. The zero-order chi connectivity index (χ0) is 12.7. The molecule has 0 aliphatic carbocycles. The second-order valence-corrected chi connectivity index (χ2v) is 5.02. The van der Waals surface area contributed by atoms with E-state index in [1.165, 1.54) is 0 Å². The molecule has 18 heavy (non-hydrogen) atoms. The van der Waals surface area contributed by atoms with E-state index >= 15 is 0 Å². The predicted octanol–water partition coefficient (Wildman–Crippen LogP) is 2.82. The van der Waals surface area contributed by atoms with Crippen molar-refractivity contribution < 1.29 is 4.52 Å². The molecule has 0 spiro atoms. The van der Waals surface area contributed by atoms with Crippen LogP contribution in [0.5, 0.6) is 0 Å². The Morgan fingerprint density at radius 2 is 2.17 bits per heavy atom. The van der Waals surface area contributed by atoms with Crippen molar-refractivity contribution in [3.05, 3.63) is 28.9 Å². The fourth-order valence-electron chi connectivity index (χ4n) is 1.91. The molecule has 5 nitrogen and oxygen atoms in total. The van der Waals surface area contributed by atoms with Crippen LogP contribution in [0.3, 0.4) is 0 Å². The van der Waals surface area contributed by atoms with Crippen molar-refractivity contribution in [3.8, 4) is 22.2 Å². The summed E-state index contributed by atoms with van der Waals surface area (Å²) in [6.45, 7) is 3.93. The third-order valence-corrected chi connectivity index (χ3v) is 3.76. The quantitative estimate of drug-likeness (QED) is 0.711. The molecule has 92 valence electrons. The van der Waals surface area contributed by atoms with E-state index in [4.69, 9.17) is 4.52 Å². The van der Waals surface area contributed by atoms with Gasteiger partial charge in [0.05, 0.1) is 16.1 Å². The summed E-state index contributed by atoms with van der Waals surface area (Å²) in [5.41, 5.74) is 2.85. The third-order valence-electron chi connectivity index (χ3n) is 2.89. The zero-order valence-corrected chi connectivity index (χ0v) is 11.2. The molecule has 0 fully saturated rings. The molecule has 0 aliphatic rings. The largest absolute Gasteiger partial charge is 0.333 e. The Bertz CT molecular complexity index is 681. The average molecular weight is 260 g/mol. The number of hydrogen-bond donors (Lipinski definition) is 0. The number of thiophene rings is 1. The van der Waals surface area contributed by atoms with Gasteiger partial charge in [-0.25, -0.2) is 0 Å². The van der Waals surface area contributed by atoms with Crippen molar-refractivity contribution in [2.45, 2.75) is 13.8 Å². The normalized spacial score (nSPS) is 11.1. The van der Waals surface area contributed by atoms with Crippen LogP contribution in [0.25, 0.3) is 22.2 Å². The smallest absolute Gasteiger partial charge is 0.262 e. The second kappa shape index (κ2) is 4.06. The monoisotopic (exact) mass is 260 g/mol. The molecule has 3 heterocycles. The Morgan fingerprint density at radius 1 is 1.33 bits per heavy atom. The van der Waals surface area contributed by atoms with Gasteiger partial charge in [0.1, 0.15) is 0 Å². The van der Waals surface area contributed by atoms with Crippen molar-refractivity contribution in [3.63, 3.8) is 0 Å². The van der Waals surface area contributed by atoms with E-state index in [0.29, 0.717) is 11.7 Å². The van der Waals surface area contributed by atoms with Gasteiger partial charge in [-0.3, -0.25) is 4.68 Å². The Morgan fingerprint density at radius 3 is 2.78 bits per heavy atom. The van der Waals surface area contributed by atoms with Gasteiger partial charge in [-0.05, 0) is 25.3 Å². The molecule has 0 aliphatic heterocycles. The first kappa shape index (κ1) is 11.2. The first-order valence-corrected chi connectivity index (χ1v) is 6.43. The van der Waals surface area contributed by atoms with Crippen LogP contribution in [0.2, 0.25) is 0 Å². The van der Waals surface area contributed by atoms with E-state index in [-0.39, 0.29) is 0 Å². The zero-order valence-electron chi connectivity index (χ0n) is 10.3. The average Bonchev–Trinajstić information content (AvgIpc) is 3.01. The van der Waals surface area contributed by atoms with Gasteiger partial charge < -0.3 is 4.52 Å². The van der Waals surface area contributed by atoms with E-state index in [2.05, 4.69) is 15.2 Å². The van der Waals surface area contributed by atoms with Crippen molar-refractivity contribution in [1.82, 2.24) is 19.9 Å². The van der Waals surface area contributed by atoms with Crippen molar-refractivity contribution in [2.75, 3.05) is 0 Å². The SMILES string of the molecule is Cc1nn(C)c(C)c1-c1nc(-c2cccs2)no1. The van der Waals surface area contributed by atoms with Crippen LogP contribution >= 0.6 is 11.3 Å². The number of aryl methyl sites for hydroxylation is 2. The standard InChI is InChI=1S/C12H12N4OS/c1-7-10(8(2)16(3)14-7)12-13-11(15-17-12)9-5-4-6-18-9/h4-6H,1-3H3. The van der Waals surface area contributed by atoms with Crippen LogP contribution < -0.4 is 0 Å². The van der Waals surface area contributed by atoms with Crippen molar-refractivity contribution in [1.29, 1.82) is 0 Å². The van der Waals surface area contributed by atoms with E-state index in [0.717, 1.165) is 21.8 Å². The second-order valence-electron chi connectivity index (χ2n) is 4.07. The van der Waals surface area contributed by atoms with Crippen LogP contribution in [0.1, 0.15) is 11.4 Å². The summed E-state index contributed by atoms with van der Waals surface area (Å²) >= 11 is 1.59. The molecule has 3 rings (SSSR count). The van der Waals surface area contributed by atoms with Gasteiger partial charge >= 0.3 is 0 Å². The summed E-state index contributed by atoms with van der Waals surface area (Å²) in [6, 6.07) is 3.94. The first-order valence-electron chi connectivity index (χ1n) is 5.55. The summed E-state index contributed by atoms with van der Waals surface area (Å²) < 4.78 is 7.16. The lowest BCUT2D eigenvalue weighted by Gasteiger charge is -1.94. The van der Waals surface area contributed by atoms with Crippen LogP contribution in [0.4, 0.5) is 0 Å². The topological polar surface area (TPSA) is 56.7 Å². The molecule has 0 saturated heterocycles. The number of aromatic nitrogens is 4. The van der Waals surface area contributed by atoms with Crippen molar-refractivity contribution >= 4 is 11.3 Å². The highest BCUT2D eigenvalue weighted by atomic mass is 32.1. The molecular formula is C12H12N4OS. The number of hydrogen-bond acceptors (Lipinski definition) is 5. The molecule has 6 heteroatoms. The number of nitrogens with zero attached hydrogens (tertiary/aromatic N) is 4. The highest BCUT2D eigenvalue weighted by molar-refractivity contribution is 7.13. The molecule has 3 aromatic heterocycles. The third kappa shape index (κ3) is 1.65. The van der Waals surface area contributed by atoms with Gasteiger partial charge in [-0.15, -0.1) is 11.3 Å². The minimum absolute atomic E-state index is 0.529. The minimum Gasteiger partial charge on any atom is -0.333 e. The van der Waals surface area contributed by atoms with Crippen LogP contribution in [-0.4, -0.2) is 19.9 Å². The minimum atomic E-state index is 0.529. The van der Waals surface area contributed by atoms with E-state index in [1.807, 2.05) is 43.1 Å². The van der Waals surface area contributed by atoms with E-state index < -0.39 is 0 Å². The molecule has 0 atom stereocenters. The van der Waals surface area contributed by atoms with Crippen LogP contribution in [0.15, 0.2) is 22.0 Å². The number of rotatable bonds is 2. The molecule has 0 amide bonds. The summed E-state index contributed by atoms with van der Waals surface area (Å²) in [7, 11) is 1.91. The van der Waals surface area contributed by atoms with Gasteiger partial charge in [-0.2, -0.15) is 10.1 Å². The van der Waals surface area contributed by atoms with Gasteiger partial charge in [0.2, 0.25) is 5.82 Å². The summed E-state index contributed by atoms with van der Waals surface area (Å²) in [6.07, 6.45) is 0. The maximum atomic E-state index is 5.34. The van der Waals surface area contributed by atoms with Gasteiger partial charge in [0.25, 0.3) is 5.89 Å². The predicted molar refractivity (Wildman–Crippen MR) is 69.3 cm³/mol. The summed E-state index contributed by atoms with van der Waals surface area (Å²) in [4.78, 5) is 5.44. The highest BCUT2D eigenvalue weighted by Gasteiger charge is 2.18. The van der Waals surface area contributed by atoms with Gasteiger partial charge in [0.15, 0.2) is 0 Å². The Labute approximate surface area is 108 Å². The van der Waals surface area contributed by atoms with Crippen molar-refractivity contribution in [2.24, 2.45) is 7.05 Å². The molecule has 3 aromatic rings. The molecule has 0 radical (unpaired) electrons.